The minimum absolute atomic E-state index is 0.227. The summed E-state index contributed by atoms with van der Waals surface area (Å²) in [5.74, 6) is 0.227. The van der Waals surface area contributed by atoms with Gasteiger partial charge in [0.25, 0.3) is 0 Å². The lowest BCUT2D eigenvalue weighted by Crippen LogP contribution is -2.30. The van der Waals surface area contributed by atoms with E-state index >= 15 is 0 Å². The van der Waals surface area contributed by atoms with Gasteiger partial charge in [0, 0.05) is 12.1 Å². The average Bonchev–Trinajstić information content (AvgIpc) is 2.72. The molecule has 4 nitrogen and oxygen atoms in total. The molecule has 1 N–H and O–H groups in total. The van der Waals surface area contributed by atoms with E-state index < -0.39 is 0 Å². The van der Waals surface area contributed by atoms with Crippen molar-refractivity contribution in [2.45, 2.75) is 45.6 Å². The number of piperidine rings is 1. The zero-order valence-corrected chi connectivity index (χ0v) is 10.7. The molecule has 0 aliphatic carbocycles. The normalized spacial score (nSPS) is 17.3. The van der Waals surface area contributed by atoms with Crippen molar-refractivity contribution >= 4 is 5.78 Å². The molecule has 0 aromatic carbocycles. The number of hydrogen-bond donors (Lipinski definition) is 1. The van der Waals surface area contributed by atoms with Crippen LogP contribution in [0.1, 0.15) is 54.7 Å². The third-order valence-electron chi connectivity index (χ3n) is 3.48. The van der Waals surface area contributed by atoms with Gasteiger partial charge in [-0.05, 0) is 39.3 Å². The van der Waals surface area contributed by atoms with Crippen molar-refractivity contribution in [1.29, 1.82) is 0 Å². The number of nitrogens with zero attached hydrogens (tertiary/aromatic N) is 2. The van der Waals surface area contributed by atoms with Crippen LogP contribution in [0.3, 0.4) is 0 Å². The number of rotatable bonds is 4. The lowest BCUT2D eigenvalue weighted by atomic mass is 10.1. The number of Topliss-reactive ketones (excluding diaryl/α,β-unsaturated/α-hetero) is 1. The molecule has 0 bridgehead atoms. The third kappa shape index (κ3) is 2.57. The molecular weight excluding hydrogens is 214 g/mol. The Hall–Kier alpha value is -1.16. The molecule has 1 aromatic heterocycles. The Morgan fingerprint density at radius 3 is 2.88 bits per heavy atom. The second kappa shape index (κ2) is 5.45. The van der Waals surface area contributed by atoms with Gasteiger partial charge in [-0.1, -0.05) is 6.92 Å². The molecule has 1 saturated heterocycles. The number of ketones is 1. The molecular formula is C13H21N3O. The van der Waals surface area contributed by atoms with Crippen molar-refractivity contribution in [3.8, 4) is 0 Å². The maximum atomic E-state index is 11.9. The Morgan fingerprint density at radius 2 is 2.24 bits per heavy atom. The molecule has 2 heterocycles. The number of hydrogen-bond acceptors (Lipinski definition) is 3. The molecule has 1 aliphatic heterocycles. The Balaban J connectivity index is 2.16. The SMILES string of the molecule is CCCC(=O)c1cnn(C2CCNCC2)c1C. The second-order valence-electron chi connectivity index (χ2n) is 4.74. The van der Waals surface area contributed by atoms with Gasteiger partial charge >= 0.3 is 0 Å². The number of carbonyl (C=O) groups is 1. The zero-order valence-electron chi connectivity index (χ0n) is 10.7. The van der Waals surface area contributed by atoms with Crippen molar-refractivity contribution < 1.29 is 4.79 Å². The summed E-state index contributed by atoms with van der Waals surface area (Å²) in [6.45, 7) is 6.13. The Morgan fingerprint density at radius 1 is 1.53 bits per heavy atom. The maximum Gasteiger partial charge on any atom is 0.166 e. The second-order valence-corrected chi connectivity index (χ2v) is 4.74. The minimum atomic E-state index is 0.227. The molecule has 2 rings (SSSR count). The molecule has 94 valence electrons. The van der Waals surface area contributed by atoms with Crippen LogP contribution < -0.4 is 5.32 Å². The summed E-state index contributed by atoms with van der Waals surface area (Å²) in [6, 6.07) is 0.458. The smallest absolute Gasteiger partial charge is 0.166 e. The summed E-state index contributed by atoms with van der Waals surface area (Å²) in [5, 5.41) is 7.76. The van der Waals surface area contributed by atoms with Crippen LogP contribution in [0.15, 0.2) is 6.20 Å². The highest BCUT2D eigenvalue weighted by Gasteiger charge is 2.20. The Kier molecular flexibility index (Phi) is 3.94. The molecule has 1 fully saturated rings. The van der Waals surface area contributed by atoms with Gasteiger partial charge in [0.05, 0.1) is 17.8 Å². The summed E-state index contributed by atoms with van der Waals surface area (Å²) in [4.78, 5) is 11.9. The van der Waals surface area contributed by atoms with Gasteiger partial charge in [0.15, 0.2) is 5.78 Å². The Labute approximate surface area is 102 Å². The molecule has 0 radical (unpaired) electrons. The third-order valence-corrected chi connectivity index (χ3v) is 3.48. The number of carbonyl (C=O) groups excluding carboxylic acids is 1. The number of nitrogens with one attached hydrogen (secondary N) is 1. The van der Waals surface area contributed by atoms with E-state index in [4.69, 9.17) is 0 Å². The summed E-state index contributed by atoms with van der Waals surface area (Å²) in [6.07, 6.45) is 5.47. The highest BCUT2D eigenvalue weighted by Crippen LogP contribution is 2.22. The van der Waals surface area contributed by atoms with Gasteiger partial charge in [-0.25, -0.2) is 0 Å². The van der Waals surface area contributed by atoms with Crippen molar-refractivity contribution in [2.24, 2.45) is 0 Å². The fraction of sp³-hybridized carbons (Fsp3) is 0.692. The van der Waals surface area contributed by atoms with E-state index in [1.54, 1.807) is 6.20 Å². The fourth-order valence-electron chi connectivity index (χ4n) is 2.48. The first-order valence-corrected chi connectivity index (χ1v) is 6.52. The number of aromatic nitrogens is 2. The molecule has 4 heteroatoms. The highest BCUT2D eigenvalue weighted by atomic mass is 16.1. The predicted molar refractivity (Wildman–Crippen MR) is 67.3 cm³/mol. The predicted octanol–water partition coefficient (Wildman–Crippen LogP) is 2.10. The van der Waals surface area contributed by atoms with Crippen LogP contribution in [0.5, 0.6) is 0 Å². The van der Waals surface area contributed by atoms with Crippen molar-refractivity contribution in [3.63, 3.8) is 0 Å². The summed E-state index contributed by atoms with van der Waals surface area (Å²) in [7, 11) is 0. The molecule has 0 spiro atoms. The van der Waals surface area contributed by atoms with Gasteiger partial charge in [0.1, 0.15) is 0 Å². The summed E-state index contributed by atoms with van der Waals surface area (Å²) < 4.78 is 2.05. The van der Waals surface area contributed by atoms with Crippen molar-refractivity contribution in [3.05, 3.63) is 17.5 Å². The van der Waals surface area contributed by atoms with Crippen LogP contribution >= 0.6 is 0 Å². The lowest BCUT2D eigenvalue weighted by Gasteiger charge is -2.24. The van der Waals surface area contributed by atoms with Crippen LogP contribution in [0.2, 0.25) is 0 Å². The van der Waals surface area contributed by atoms with Gasteiger partial charge in [-0.3, -0.25) is 9.48 Å². The average molecular weight is 235 g/mol. The first-order chi connectivity index (χ1) is 8.24. The highest BCUT2D eigenvalue weighted by molar-refractivity contribution is 5.96. The topological polar surface area (TPSA) is 46.9 Å². The van der Waals surface area contributed by atoms with Crippen molar-refractivity contribution in [2.75, 3.05) is 13.1 Å². The van der Waals surface area contributed by atoms with Crippen LogP contribution in [0, 0.1) is 6.92 Å². The van der Waals surface area contributed by atoms with Crippen molar-refractivity contribution in [1.82, 2.24) is 15.1 Å². The monoisotopic (exact) mass is 235 g/mol. The molecule has 0 saturated carbocycles. The van der Waals surface area contributed by atoms with Gasteiger partial charge < -0.3 is 5.32 Å². The molecule has 1 aliphatic rings. The summed E-state index contributed by atoms with van der Waals surface area (Å²) >= 11 is 0. The fourth-order valence-corrected chi connectivity index (χ4v) is 2.48. The zero-order chi connectivity index (χ0) is 12.3. The molecule has 17 heavy (non-hydrogen) atoms. The van der Waals surface area contributed by atoms with Gasteiger partial charge in [-0.2, -0.15) is 5.10 Å². The first-order valence-electron chi connectivity index (χ1n) is 6.52. The molecule has 0 unspecified atom stereocenters. The van der Waals surface area contributed by atoms with Crippen LogP contribution in [0.4, 0.5) is 0 Å². The lowest BCUT2D eigenvalue weighted by molar-refractivity contribution is 0.0981. The minimum Gasteiger partial charge on any atom is -0.317 e. The molecule has 0 atom stereocenters. The van der Waals surface area contributed by atoms with Crippen LogP contribution in [-0.2, 0) is 0 Å². The largest absolute Gasteiger partial charge is 0.317 e. The maximum absolute atomic E-state index is 11.9. The van der Waals surface area contributed by atoms with E-state index in [1.807, 2.05) is 18.5 Å². The molecule has 1 aromatic rings. The van der Waals surface area contributed by atoms with E-state index in [-0.39, 0.29) is 5.78 Å². The quantitative estimate of drug-likeness (QED) is 0.813. The van der Waals surface area contributed by atoms with E-state index in [1.165, 1.54) is 0 Å². The standard InChI is InChI=1S/C13H21N3O/c1-3-4-13(17)12-9-15-16(10(12)2)11-5-7-14-8-6-11/h9,11,14H,3-8H2,1-2H3. The van der Waals surface area contributed by atoms with E-state index in [0.29, 0.717) is 12.5 Å². The van der Waals surface area contributed by atoms with E-state index in [9.17, 15) is 4.79 Å². The van der Waals surface area contributed by atoms with Gasteiger partial charge in [0.2, 0.25) is 0 Å². The Bertz CT molecular complexity index is 391. The van der Waals surface area contributed by atoms with Gasteiger partial charge in [-0.15, -0.1) is 0 Å². The van der Waals surface area contributed by atoms with E-state index in [2.05, 4.69) is 10.4 Å². The van der Waals surface area contributed by atoms with Crippen LogP contribution in [0.25, 0.3) is 0 Å². The van der Waals surface area contributed by atoms with E-state index in [0.717, 1.165) is 43.6 Å². The first kappa shape index (κ1) is 12.3. The van der Waals surface area contributed by atoms with Crippen LogP contribution in [-0.4, -0.2) is 28.7 Å². The summed E-state index contributed by atoms with van der Waals surface area (Å²) in [5.41, 5.74) is 1.85. The molecule has 0 amide bonds.